The normalized spacial score (nSPS) is 16.6. The molecule has 210 valence electrons. The van der Waals surface area contributed by atoms with Crippen LogP contribution in [-0.4, -0.2) is 47.3 Å². The third-order valence-corrected chi connectivity index (χ3v) is 6.62. The minimum atomic E-state index is -0.913. The average Bonchev–Trinajstić information content (AvgIpc) is 2.81. The van der Waals surface area contributed by atoms with Crippen LogP contribution in [0.1, 0.15) is 92.5 Å². The van der Waals surface area contributed by atoms with E-state index in [0.29, 0.717) is 12.5 Å². The minimum absolute atomic E-state index is 0.260. The third-order valence-electron chi connectivity index (χ3n) is 6.62. The van der Waals surface area contributed by atoms with Gasteiger partial charge in [0.15, 0.2) is 6.10 Å². The zero-order valence-corrected chi connectivity index (χ0v) is 25.1. The molecule has 0 aliphatic carbocycles. The maximum atomic E-state index is 13.5. The van der Waals surface area contributed by atoms with Crippen molar-refractivity contribution in [1.82, 2.24) is 9.97 Å². The van der Waals surface area contributed by atoms with Gasteiger partial charge in [-0.25, -0.2) is 4.79 Å². The van der Waals surface area contributed by atoms with Crippen LogP contribution in [0.3, 0.4) is 0 Å². The molecule has 1 aliphatic rings. The van der Waals surface area contributed by atoms with Crippen molar-refractivity contribution in [3.8, 4) is 17.0 Å². The lowest BCUT2D eigenvalue weighted by atomic mass is 9.82. The van der Waals surface area contributed by atoms with Crippen LogP contribution in [0, 0.1) is 18.3 Å². The highest BCUT2D eigenvalue weighted by Crippen LogP contribution is 2.43. The summed E-state index contributed by atoms with van der Waals surface area (Å²) in [6.07, 6.45) is 4.55. The van der Waals surface area contributed by atoms with Crippen molar-refractivity contribution >= 4 is 11.7 Å². The molecule has 3 heterocycles. The van der Waals surface area contributed by atoms with Gasteiger partial charge in [0.05, 0.1) is 35.9 Å². The van der Waals surface area contributed by atoms with Gasteiger partial charge in [-0.1, -0.05) is 27.7 Å². The van der Waals surface area contributed by atoms with Crippen LogP contribution >= 0.6 is 0 Å². The van der Waals surface area contributed by atoms with Crippen molar-refractivity contribution in [1.29, 1.82) is 0 Å². The van der Waals surface area contributed by atoms with E-state index in [4.69, 9.17) is 24.2 Å². The summed E-state index contributed by atoms with van der Waals surface area (Å²) in [5, 5.41) is 0. The first-order valence-corrected chi connectivity index (χ1v) is 13.9. The van der Waals surface area contributed by atoms with Gasteiger partial charge in [0, 0.05) is 36.1 Å². The quantitative estimate of drug-likeness (QED) is 0.329. The van der Waals surface area contributed by atoms with E-state index in [1.807, 2.05) is 59.9 Å². The first kappa shape index (κ1) is 29.9. The number of carbonyl (C=O) groups excluding carboxylic acids is 1. The average molecular weight is 526 g/mol. The van der Waals surface area contributed by atoms with E-state index in [1.165, 1.54) is 0 Å². The molecule has 0 N–H and O–H groups in total. The van der Waals surface area contributed by atoms with Gasteiger partial charge in [0.25, 0.3) is 0 Å². The zero-order chi connectivity index (χ0) is 28.3. The van der Waals surface area contributed by atoms with E-state index in [2.05, 4.69) is 32.6 Å². The number of rotatable bonds is 9. The molecule has 0 bridgehead atoms. The van der Waals surface area contributed by atoms with E-state index in [1.54, 1.807) is 6.20 Å². The number of aryl methyl sites for hydroxylation is 1. The molecule has 0 spiro atoms. The Morgan fingerprint density at radius 2 is 1.71 bits per heavy atom. The summed E-state index contributed by atoms with van der Waals surface area (Å²) in [4.78, 5) is 25.4. The number of aromatic nitrogens is 2. The molecule has 0 radical (unpaired) electrons. The highest BCUT2D eigenvalue weighted by atomic mass is 16.6. The van der Waals surface area contributed by atoms with Gasteiger partial charge in [-0.05, 0) is 77.8 Å². The number of hydrogen-bond acceptors (Lipinski definition) is 7. The number of hydrogen-bond donors (Lipinski definition) is 0. The molecular weight excluding hydrogens is 478 g/mol. The Hall–Kier alpha value is -2.67. The smallest absolute Gasteiger partial charge is 0.340 e. The Labute approximate surface area is 229 Å². The molecule has 38 heavy (non-hydrogen) atoms. The van der Waals surface area contributed by atoms with Crippen molar-refractivity contribution < 1.29 is 19.0 Å². The molecule has 2 aromatic heterocycles. The van der Waals surface area contributed by atoms with Crippen LogP contribution in [0.4, 0.5) is 5.69 Å². The third kappa shape index (κ3) is 7.92. The fourth-order valence-corrected chi connectivity index (χ4v) is 4.55. The molecule has 7 nitrogen and oxygen atoms in total. The van der Waals surface area contributed by atoms with E-state index >= 15 is 0 Å². The molecule has 3 rings (SSSR count). The lowest BCUT2D eigenvalue weighted by molar-refractivity contribution is -0.171. The van der Waals surface area contributed by atoms with Gasteiger partial charge in [0.1, 0.15) is 5.75 Å². The topological polar surface area (TPSA) is 73.8 Å². The van der Waals surface area contributed by atoms with Gasteiger partial charge in [-0.15, -0.1) is 0 Å². The maximum absolute atomic E-state index is 13.5. The molecule has 7 heteroatoms. The molecule has 2 aromatic rings. The molecule has 1 fully saturated rings. The van der Waals surface area contributed by atoms with Crippen LogP contribution in [-0.2, 0) is 14.3 Å². The van der Waals surface area contributed by atoms with Gasteiger partial charge < -0.3 is 19.1 Å². The van der Waals surface area contributed by atoms with Gasteiger partial charge >= 0.3 is 5.97 Å². The Morgan fingerprint density at radius 1 is 1.05 bits per heavy atom. The highest BCUT2D eigenvalue weighted by Gasteiger charge is 2.37. The monoisotopic (exact) mass is 525 g/mol. The Morgan fingerprint density at radius 3 is 2.24 bits per heavy atom. The second kappa shape index (κ2) is 12.0. The summed E-state index contributed by atoms with van der Waals surface area (Å²) in [6.45, 7) is 22.7. The van der Waals surface area contributed by atoms with Gasteiger partial charge in [-0.2, -0.15) is 0 Å². The first-order valence-electron chi connectivity index (χ1n) is 13.9. The van der Waals surface area contributed by atoms with Gasteiger partial charge in [-0.3, -0.25) is 9.97 Å². The van der Waals surface area contributed by atoms with Crippen molar-refractivity contribution in [2.75, 3.05) is 24.6 Å². The minimum Gasteiger partial charge on any atom is -0.492 e. The predicted molar refractivity (Wildman–Crippen MR) is 153 cm³/mol. The largest absolute Gasteiger partial charge is 0.492 e. The van der Waals surface area contributed by atoms with Crippen molar-refractivity contribution in [3.05, 3.63) is 35.8 Å². The number of nitrogens with zero attached hydrogens (tertiary/aromatic N) is 3. The number of esters is 1. The number of anilines is 1. The fraction of sp³-hybridized carbons (Fsp3) is 0.645. The lowest BCUT2D eigenvalue weighted by Crippen LogP contribution is -2.39. The van der Waals surface area contributed by atoms with Crippen molar-refractivity contribution in [2.45, 2.75) is 99.9 Å². The molecule has 1 saturated heterocycles. The molecule has 0 unspecified atom stereocenters. The zero-order valence-electron chi connectivity index (χ0n) is 25.1. The standard InChI is InChI=1S/C31H47N3O4/c1-20(2)19-36-23-11-12-25(33-17-23)24-18-32-22(5)26(27(24)34-15-13-31(9,10)14-16-34)28(38-30(6,7)8)29(35)37-21(3)4/h11-12,17-18,20-21,28H,13-16,19H2,1-10H3/t28-/m0/s1. The van der Waals surface area contributed by atoms with Crippen LogP contribution in [0.25, 0.3) is 11.3 Å². The Balaban J connectivity index is 2.17. The van der Waals surface area contributed by atoms with E-state index in [-0.39, 0.29) is 11.5 Å². The number of ether oxygens (including phenoxy) is 3. The summed E-state index contributed by atoms with van der Waals surface area (Å²) >= 11 is 0. The molecular formula is C31H47N3O4. The fourth-order valence-electron chi connectivity index (χ4n) is 4.55. The maximum Gasteiger partial charge on any atom is 0.340 e. The second-order valence-electron chi connectivity index (χ2n) is 12.9. The Bertz CT molecular complexity index is 1080. The Kier molecular flexibility index (Phi) is 9.45. The summed E-state index contributed by atoms with van der Waals surface area (Å²) in [7, 11) is 0. The van der Waals surface area contributed by atoms with E-state index < -0.39 is 17.7 Å². The van der Waals surface area contributed by atoms with E-state index in [9.17, 15) is 4.79 Å². The van der Waals surface area contributed by atoms with Gasteiger partial charge in [0.2, 0.25) is 0 Å². The molecule has 1 aliphatic heterocycles. The summed E-state index contributed by atoms with van der Waals surface area (Å²) in [5.74, 6) is 0.762. The first-order chi connectivity index (χ1) is 17.7. The number of pyridine rings is 2. The summed E-state index contributed by atoms with van der Waals surface area (Å²) in [5.41, 5.74) is 3.81. The molecule has 0 saturated carbocycles. The van der Waals surface area contributed by atoms with Crippen LogP contribution < -0.4 is 9.64 Å². The molecule has 0 aromatic carbocycles. The van der Waals surface area contributed by atoms with Crippen molar-refractivity contribution in [2.24, 2.45) is 11.3 Å². The molecule has 1 atom stereocenters. The highest BCUT2D eigenvalue weighted by molar-refractivity contribution is 5.86. The summed E-state index contributed by atoms with van der Waals surface area (Å²) in [6, 6.07) is 3.92. The van der Waals surface area contributed by atoms with Crippen molar-refractivity contribution in [3.63, 3.8) is 0 Å². The molecule has 0 amide bonds. The van der Waals surface area contributed by atoms with E-state index in [0.717, 1.165) is 59.9 Å². The van der Waals surface area contributed by atoms with Crippen LogP contribution in [0.15, 0.2) is 24.5 Å². The number of carbonyl (C=O) groups is 1. The second-order valence-corrected chi connectivity index (χ2v) is 12.9. The van der Waals surface area contributed by atoms with Crippen LogP contribution in [0.2, 0.25) is 0 Å². The van der Waals surface area contributed by atoms with Crippen LogP contribution in [0.5, 0.6) is 5.75 Å². The lowest BCUT2D eigenvalue weighted by Gasteiger charge is -2.41. The number of piperidine rings is 1. The SMILES string of the molecule is Cc1ncc(-c2ccc(OCC(C)C)cn2)c(N2CCC(C)(C)CC2)c1[C@H](OC(C)(C)C)C(=O)OC(C)C. The summed E-state index contributed by atoms with van der Waals surface area (Å²) < 4.78 is 18.0. The predicted octanol–water partition coefficient (Wildman–Crippen LogP) is 6.92.